The predicted octanol–water partition coefficient (Wildman–Crippen LogP) is 4.19. The molecule has 0 heterocycles. The van der Waals surface area contributed by atoms with E-state index >= 15 is 0 Å². The molecule has 2 aromatic carbocycles. The summed E-state index contributed by atoms with van der Waals surface area (Å²) in [6.07, 6.45) is 1.82. The highest BCUT2D eigenvalue weighted by molar-refractivity contribution is 7.99. The lowest BCUT2D eigenvalue weighted by atomic mass is 9.96. The molecule has 0 bridgehead atoms. The number of rotatable bonds is 9. The normalized spacial score (nSPS) is 13.2. The first-order chi connectivity index (χ1) is 12.9. The zero-order valence-electron chi connectivity index (χ0n) is 15.9. The Morgan fingerprint density at radius 2 is 1.89 bits per heavy atom. The number of hydrogen-bond acceptors (Lipinski definition) is 4. The molecule has 0 aliphatic carbocycles. The number of aliphatic carboxylic acids is 1. The van der Waals surface area contributed by atoms with E-state index in [9.17, 15) is 9.18 Å². The molecule has 0 aliphatic rings. The van der Waals surface area contributed by atoms with E-state index in [0.29, 0.717) is 11.3 Å². The summed E-state index contributed by atoms with van der Waals surface area (Å²) < 4.78 is 19.8. The highest BCUT2D eigenvalue weighted by atomic mass is 32.2. The van der Waals surface area contributed by atoms with E-state index in [-0.39, 0.29) is 16.8 Å². The van der Waals surface area contributed by atoms with Crippen molar-refractivity contribution < 1.29 is 19.0 Å². The Balaban J connectivity index is 2.45. The Bertz CT molecular complexity index is 797. The largest absolute Gasteiger partial charge is 0.497 e. The van der Waals surface area contributed by atoms with Gasteiger partial charge >= 0.3 is 5.97 Å². The third-order valence-electron chi connectivity index (χ3n) is 4.54. The molecule has 0 aromatic heterocycles. The zero-order chi connectivity index (χ0) is 20.0. The summed E-state index contributed by atoms with van der Waals surface area (Å²) in [4.78, 5) is 11.1. The van der Waals surface area contributed by atoms with Crippen LogP contribution in [0, 0.1) is 5.82 Å². The van der Waals surface area contributed by atoms with Gasteiger partial charge in [-0.25, -0.2) is 4.39 Å². The van der Waals surface area contributed by atoms with Gasteiger partial charge in [-0.1, -0.05) is 38.1 Å². The number of carbonyl (C=O) groups is 1. The number of carboxylic acid groups (broad SMARTS) is 1. The van der Waals surface area contributed by atoms with Crippen LogP contribution >= 0.6 is 11.8 Å². The van der Waals surface area contributed by atoms with Crippen molar-refractivity contribution in [1.82, 2.24) is 0 Å². The Kier molecular flexibility index (Phi) is 7.68. The monoisotopic (exact) mass is 391 g/mol. The molecular formula is C21H26FNO3S. The minimum absolute atomic E-state index is 0.183. The van der Waals surface area contributed by atoms with Gasteiger partial charge in [0.1, 0.15) is 17.6 Å². The van der Waals surface area contributed by atoms with E-state index in [1.807, 2.05) is 6.07 Å². The van der Waals surface area contributed by atoms with Crippen LogP contribution in [0.5, 0.6) is 5.75 Å². The van der Waals surface area contributed by atoms with Crippen LogP contribution in [0.25, 0.3) is 0 Å². The van der Waals surface area contributed by atoms with Crippen LogP contribution in [0.1, 0.15) is 41.4 Å². The summed E-state index contributed by atoms with van der Waals surface area (Å²) >= 11 is 1.34. The lowest BCUT2D eigenvalue weighted by Crippen LogP contribution is -2.32. The molecule has 146 valence electrons. The summed E-state index contributed by atoms with van der Waals surface area (Å²) in [5, 5.41) is 8.73. The molecule has 0 aliphatic heterocycles. The summed E-state index contributed by atoms with van der Waals surface area (Å²) in [5.41, 5.74) is 9.59. The predicted molar refractivity (Wildman–Crippen MR) is 108 cm³/mol. The first kappa shape index (κ1) is 21.3. The Labute approximate surface area is 163 Å². The number of benzene rings is 2. The van der Waals surface area contributed by atoms with Gasteiger partial charge in [0.05, 0.1) is 12.4 Å². The minimum Gasteiger partial charge on any atom is -0.497 e. The fourth-order valence-corrected chi connectivity index (χ4v) is 4.22. The van der Waals surface area contributed by atoms with Crippen molar-refractivity contribution in [3.8, 4) is 5.75 Å². The van der Waals surface area contributed by atoms with Crippen molar-refractivity contribution >= 4 is 17.7 Å². The van der Waals surface area contributed by atoms with E-state index < -0.39 is 12.0 Å². The van der Waals surface area contributed by atoms with Gasteiger partial charge in [0.15, 0.2) is 0 Å². The first-order valence-electron chi connectivity index (χ1n) is 8.96. The van der Waals surface area contributed by atoms with Crippen LogP contribution < -0.4 is 10.5 Å². The van der Waals surface area contributed by atoms with Crippen molar-refractivity contribution in [3.05, 3.63) is 64.5 Å². The van der Waals surface area contributed by atoms with Gasteiger partial charge in [0.25, 0.3) is 0 Å². The number of ether oxygens (including phenoxy) is 1. The number of halogens is 1. The minimum atomic E-state index is -1.06. The number of nitrogens with two attached hydrogens (primary N) is 1. The molecule has 2 aromatic rings. The maximum Gasteiger partial charge on any atom is 0.321 e. The molecule has 27 heavy (non-hydrogen) atoms. The zero-order valence-corrected chi connectivity index (χ0v) is 16.7. The number of hydrogen-bond donors (Lipinski definition) is 2. The summed E-state index contributed by atoms with van der Waals surface area (Å²) in [6, 6.07) is 9.90. The smallest absolute Gasteiger partial charge is 0.321 e. The number of carboxylic acids is 1. The Morgan fingerprint density at radius 3 is 2.44 bits per heavy atom. The second-order valence-corrected chi connectivity index (χ2v) is 7.42. The lowest BCUT2D eigenvalue weighted by molar-refractivity contribution is -0.137. The molecule has 0 radical (unpaired) electrons. The van der Waals surface area contributed by atoms with Crippen LogP contribution in [-0.2, 0) is 17.6 Å². The summed E-state index contributed by atoms with van der Waals surface area (Å²) in [6.45, 7) is 4.20. The second kappa shape index (κ2) is 9.76. The summed E-state index contributed by atoms with van der Waals surface area (Å²) in [5.74, 6) is -0.819. The molecule has 6 heteroatoms. The van der Waals surface area contributed by atoms with Crippen LogP contribution in [-0.4, -0.2) is 30.0 Å². The SMILES string of the molecule is CCc1ccc(C(SCC(N)C(=O)O)c2ccc(OC)cc2F)cc1CC. The average Bonchev–Trinajstić information content (AvgIpc) is 2.68. The maximum atomic E-state index is 14.7. The van der Waals surface area contributed by atoms with E-state index in [1.165, 1.54) is 36.1 Å². The van der Waals surface area contributed by atoms with E-state index in [2.05, 4.69) is 26.0 Å². The van der Waals surface area contributed by atoms with Crippen LogP contribution in [0.4, 0.5) is 4.39 Å². The van der Waals surface area contributed by atoms with E-state index in [0.717, 1.165) is 18.4 Å². The maximum absolute atomic E-state index is 14.7. The van der Waals surface area contributed by atoms with Crippen LogP contribution in [0.2, 0.25) is 0 Å². The van der Waals surface area contributed by atoms with Gasteiger partial charge in [-0.2, -0.15) is 0 Å². The van der Waals surface area contributed by atoms with Gasteiger partial charge in [0, 0.05) is 17.4 Å². The fraction of sp³-hybridized carbons (Fsp3) is 0.381. The molecular weight excluding hydrogens is 365 g/mol. The van der Waals surface area contributed by atoms with Crippen LogP contribution in [0.3, 0.4) is 0 Å². The molecule has 2 unspecified atom stereocenters. The third-order valence-corrected chi connectivity index (χ3v) is 5.96. The molecule has 3 N–H and O–H groups in total. The van der Waals surface area contributed by atoms with Gasteiger partial charge in [-0.3, -0.25) is 4.79 Å². The van der Waals surface area contributed by atoms with Crippen LogP contribution in [0.15, 0.2) is 36.4 Å². The molecule has 0 saturated heterocycles. The molecule has 0 fully saturated rings. The number of aryl methyl sites for hydroxylation is 2. The quantitative estimate of drug-likeness (QED) is 0.670. The Hall–Kier alpha value is -2.05. The van der Waals surface area contributed by atoms with Crippen molar-refractivity contribution in [3.63, 3.8) is 0 Å². The van der Waals surface area contributed by atoms with Crippen molar-refractivity contribution in [2.24, 2.45) is 5.73 Å². The second-order valence-electron chi connectivity index (χ2n) is 6.28. The molecule has 2 rings (SSSR count). The number of thioether (sulfide) groups is 1. The highest BCUT2D eigenvalue weighted by Gasteiger charge is 2.23. The molecule has 0 amide bonds. The number of methoxy groups -OCH3 is 1. The van der Waals surface area contributed by atoms with Crippen molar-refractivity contribution in [2.75, 3.05) is 12.9 Å². The van der Waals surface area contributed by atoms with Gasteiger partial charge in [-0.05, 0) is 35.6 Å². The van der Waals surface area contributed by atoms with Gasteiger partial charge in [-0.15, -0.1) is 11.8 Å². The average molecular weight is 392 g/mol. The molecule has 4 nitrogen and oxygen atoms in total. The summed E-state index contributed by atoms with van der Waals surface area (Å²) in [7, 11) is 1.49. The topological polar surface area (TPSA) is 72.6 Å². The Morgan fingerprint density at radius 1 is 1.19 bits per heavy atom. The molecule has 0 spiro atoms. The lowest BCUT2D eigenvalue weighted by Gasteiger charge is -2.21. The fourth-order valence-electron chi connectivity index (χ4n) is 2.97. The van der Waals surface area contributed by atoms with Crippen molar-refractivity contribution in [2.45, 2.75) is 38.0 Å². The van der Waals surface area contributed by atoms with E-state index in [1.54, 1.807) is 12.1 Å². The third kappa shape index (κ3) is 5.23. The molecule has 2 atom stereocenters. The molecule has 0 saturated carbocycles. The standard InChI is InChI=1S/C21H26FNO3S/c1-4-13-6-7-15(10-14(13)5-2)20(27-12-19(23)21(24)25)17-9-8-16(26-3)11-18(17)22/h6-11,19-20H,4-5,12,23H2,1-3H3,(H,24,25). The van der Waals surface area contributed by atoms with Gasteiger partial charge < -0.3 is 15.6 Å². The first-order valence-corrected chi connectivity index (χ1v) is 10.0. The van der Waals surface area contributed by atoms with Crippen molar-refractivity contribution in [1.29, 1.82) is 0 Å². The highest BCUT2D eigenvalue weighted by Crippen LogP contribution is 2.39. The van der Waals surface area contributed by atoms with Gasteiger partial charge in [0.2, 0.25) is 0 Å². The van der Waals surface area contributed by atoms with E-state index in [4.69, 9.17) is 15.6 Å².